The van der Waals surface area contributed by atoms with E-state index in [0.29, 0.717) is 5.56 Å². The second-order valence-corrected chi connectivity index (χ2v) is 5.66. The molecule has 0 saturated carbocycles. The third-order valence-electron chi connectivity index (χ3n) is 2.11. The molecule has 0 fully saturated rings. The summed E-state index contributed by atoms with van der Waals surface area (Å²) >= 11 is 0. The molecule has 1 aromatic carbocycles. The Morgan fingerprint density at radius 1 is 1.33 bits per heavy atom. The smallest absolute Gasteiger partial charge is 0.336 e. The van der Waals surface area contributed by atoms with Gasteiger partial charge in [0.05, 0.1) is 11.3 Å². The van der Waals surface area contributed by atoms with Gasteiger partial charge in [-0.3, -0.25) is 4.72 Å². The Bertz CT molecular complexity index is 552. The Balaban J connectivity index is 2.99. The highest BCUT2D eigenvalue weighted by Gasteiger charge is 2.13. The van der Waals surface area contributed by atoms with E-state index in [4.69, 9.17) is 5.11 Å². The molecule has 0 saturated heterocycles. The first-order chi connectivity index (χ1) is 8.21. The first-order valence-electron chi connectivity index (χ1n) is 5.35. The third-order valence-corrected chi connectivity index (χ3v) is 3.40. The van der Waals surface area contributed by atoms with Crippen molar-refractivity contribution in [3.8, 4) is 0 Å². The summed E-state index contributed by atoms with van der Waals surface area (Å²) in [6, 6.07) is 4.11. The van der Waals surface area contributed by atoms with Gasteiger partial charge in [-0.25, -0.2) is 4.79 Å². The van der Waals surface area contributed by atoms with Gasteiger partial charge in [0.15, 0.2) is 0 Å². The monoisotopic (exact) mass is 272 g/mol. The zero-order valence-corrected chi connectivity index (χ0v) is 11.2. The molecule has 0 atom stereocenters. The number of benzene rings is 1. The molecule has 7 heteroatoms. The van der Waals surface area contributed by atoms with Crippen molar-refractivity contribution in [2.75, 3.05) is 4.72 Å². The molecule has 1 aromatic rings. The summed E-state index contributed by atoms with van der Waals surface area (Å²) in [5, 5.41) is 8.94. The van der Waals surface area contributed by atoms with E-state index in [1.807, 2.05) is 0 Å². The molecule has 0 amide bonds. The fourth-order valence-electron chi connectivity index (χ4n) is 1.41. The molecule has 0 aliphatic heterocycles. The Morgan fingerprint density at radius 3 is 2.44 bits per heavy atom. The van der Waals surface area contributed by atoms with Crippen molar-refractivity contribution in [3.63, 3.8) is 0 Å². The SMILES string of the molecule is Cc1ccc(NS(=O)(=O)NC(C)C)cc1C(=O)O. The molecule has 0 unspecified atom stereocenters. The minimum atomic E-state index is -3.68. The maximum Gasteiger partial charge on any atom is 0.336 e. The molecule has 0 aliphatic carbocycles. The van der Waals surface area contributed by atoms with Crippen molar-refractivity contribution >= 4 is 21.9 Å². The number of rotatable bonds is 5. The predicted molar refractivity (Wildman–Crippen MR) is 69.0 cm³/mol. The average Bonchev–Trinajstić information content (AvgIpc) is 2.18. The molecule has 3 N–H and O–H groups in total. The standard InChI is InChI=1S/C11H16N2O4S/c1-7(2)12-18(16,17)13-9-5-4-8(3)10(6-9)11(14)15/h4-7,12-13H,1-3H3,(H,14,15). The fourth-order valence-corrected chi connectivity index (χ4v) is 2.53. The number of nitrogens with one attached hydrogen (secondary N) is 2. The Hall–Kier alpha value is -1.60. The van der Waals surface area contributed by atoms with Crippen LogP contribution in [0.4, 0.5) is 5.69 Å². The molecule has 100 valence electrons. The van der Waals surface area contributed by atoms with E-state index in [-0.39, 0.29) is 17.3 Å². The van der Waals surface area contributed by atoms with E-state index >= 15 is 0 Å². The number of hydrogen-bond acceptors (Lipinski definition) is 3. The summed E-state index contributed by atoms with van der Waals surface area (Å²) < 4.78 is 27.8. The lowest BCUT2D eigenvalue weighted by Crippen LogP contribution is -2.35. The summed E-state index contributed by atoms with van der Waals surface area (Å²) in [6.07, 6.45) is 0. The van der Waals surface area contributed by atoms with Gasteiger partial charge in [-0.2, -0.15) is 13.1 Å². The third kappa shape index (κ3) is 4.01. The van der Waals surface area contributed by atoms with Gasteiger partial charge in [0, 0.05) is 6.04 Å². The highest BCUT2D eigenvalue weighted by atomic mass is 32.2. The van der Waals surface area contributed by atoms with Crippen molar-refractivity contribution in [2.45, 2.75) is 26.8 Å². The molecular formula is C11H16N2O4S. The van der Waals surface area contributed by atoms with Crippen molar-refractivity contribution in [1.29, 1.82) is 0 Å². The number of carboxylic acid groups (broad SMARTS) is 1. The van der Waals surface area contributed by atoms with Gasteiger partial charge in [0.1, 0.15) is 0 Å². The van der Waals surface area contributed by atoms with Crippen molar-refractivity contribution in [3.05, 3.63) is 29.3 Å². The van der Waals surface area contributed by atoms with Gasteiger partial charge in [-0.05, 0) is 38.5 Å². The maximum absolute atomic E-state index is 11.6. The van der Waals surface area contributed by atoms with Crippen LogP contribution in [0.25, 0.3) is 0 Å². The van der Waals surface area contributed by atoms with E-state index in [1.54, 1.807) is 26.8 Å². The number of hydrogen-bond donors (Lipinski definition) is 3. The van der Waals surface area contributed by atoms with Crippen molar-refractivity contribution in [1.82, 2.24) is 4.72 Å². The van der Waals surface area contributed by atoms with E-state index in [2.05, 4.69) is 9.44 Å². The van der Waals surface area contributed by atoms with Crippen LogP contribution < -0.4 is 9.44 Å². The fraction of sp³-hybridized carbons (Fsp3) is 0.364. The molecule has 0 spiro atoms. The maximum atomic E-state index is 11.6. The van der Waals surface area contributed by atoms with Gasteiger partial charge in [-0.15, -0.1) is 0 Å². The van der Waals surface area contributed by atoms with E-state index in [9.17, 15) is 13.2 Å². The minimum absolute atomic E-state index is 0.0692. The van der Waals surface area contributed by atoms with Crippen LogP contribution in [0.15, 0.2) is 18.2 Å². The Kier molecular flexibility index (Phi) is 4.31. The molecule has 0 heterocycles. The van der Waals surface area contributed by atoms with Gasteiger partial charge < -0.3 is 5.11 Å². The lowest BCUT2D eigenvalue weighted by Gasteiger charge is -2.12. The number of aryl methyl sites for hydroxylation is 1. The number of carbonyl (C=O) groups is 1. The lowest BCUT2D eigenvalue weighted by atomic mass is 10.1. The second-order valence-electron chi connectivity index (χ2n) is 4.21. The van der Waals surface area contributed by atoms with Crippen molar-refractivity contribution in [2.24, 2.45) is 0 Å². The van der Waals surface area contributed by atoms with Crippen LogP contribution in [0.5, 0.6) is 0 Å². The summed E-state index contributed by atoms with van der Waals surface area (Å²) in [4.78, 5) is 10.9. The van der Waals surface area contributed by atoms with Gasteiger partial charge in [-0.1, -0.05) is 6.07 Å². The molecule has 6 nitrogen and oxygen atoms in total. The summed E-state index contributed by atoms with van der Waals surface area (Å²) in [6.45, 7) is 5.03. The number of aromatic carboxylic acids is 1. The van der Waals surface area contributed by atoms with Crippen LogP contribution in [0.2, 0.25) is 0 Å². The quantitative estimate of drug-likeness (QED) is 0.754. The largest absolute Gasteiger partial charge is 0.478 e. The van der Waals surface area contributed by atoms with Crippen molar-refractivity contribution < 1.29 is 18.3 Å². The molecule has 0 radical (unpaired) electrons. The Morgan fingerprint density at radius 2 is 1.94 bits per heavy atom. The summed E-state index contributed by atoms with van der Waals surface area (Å²) in [7, 11) is -3.68. The van der Waals surface area contributed by atoms with Crippen LogP contribution in [-0.2, 0) is 10.2 Å². The average molecular weight is 272 g/mol. The van der Waals surface area contributed by atoms with Gasteiger partial charge >= 0.3 is 5.97 Å². The molecule has 0 bridgehead atoms. The van der Waals surface area contributed by atoms with E-state index in [1.165, 1.54) is 12.1 Å². The lowest BCUT2D eigenvalue weighted by molar-refractivity contribution is 0.0696. The summed E-state index contributed by atoms with van der Waals surface area (Å²) in [5.41, 5.74) is 0.855. The zero-order chi connectivity index (χ0) is 13.9. The summed E-state index contributed by atoms with van der Waals surface area (Å²) in [5.74, 6) is -1.09. The number of anilines is 1. The molecule has 18 heavy (non-hydrogen) atoms. The van der Waals surface area contributed by atoms with Crippen LogP contribution in [0.1, 0.15) is 29.8 Å². The number of carboxylic acids is 1. The van der Waals surface area contributed by atoms with E-state index in [0.717, 1.165) is 0 Å². The minimum Gasteiger partial charge on any atom is -0.478 e. The topological polar surface area (TPSA) is 95.5 Å². The molecule has 0 aliphatic rings. The van der Waals surface area contributed by atoms with Gasteiger partial charge in [0.2, 0.25) is 0 Å². The highest BCUT2D eigenvalue weighted by molar-refractivity contribution is 7.90. The molecule has 1 rings (SSSR count). The van der Waals surface area contributed by atoms with Gasteiger partial charge in [0.25, 0.3) is 10.2 Å². The second kappa shape index (κ2) is 5.36. The highest BCUT2D eigenvalue weighted by Crippen LogP contribution is 2.16. The zero-order valence-electron chi connectivity index (χ0n) is 10.4. The van der Waals surface area contributed by atoms with Crippen LogP contribution in [0, 0.1) is 6.92 Å². The van der Waals surface area contributed by atoms with E-state index < -0.39 is 16.2 Å². The molecule has 0 aromatic heterocycles. The van der Waals surface area contributed by atoms with Crippen LogP contribution >= 0.6 is 0 Å². The first-order valence-corrected chi connectivity index (χ1v) is 6.83. The normalized spacial score (nSPS) is 11.6. The molecular weight excluding hydrogens is 256 g/mol. The Labute approximate surface area is 106 Å². The van der Waals surface area contributed by atoms with Crippen LogP contribution in [-0.4, -0.2) is 25.5 Å². The first kappa shape index (κ1) is 14.5. The predicted octanol–water partition coefficient (Wildman–Crippen LogP) is 1.35. The van der Waals surface area contributed by atoms with Crippen LogP contribution in [0.3, 0.4) is 0 Å².